The summed E-state index contributed by atoms with van der Waals surface area (Å²) in [7, 11) is 0. The first-order chi connectivity index (χ1) is 13.5. The number of hydrogen-bond donors (Lipinski definition) is 2. The molecule has 148 valence electrons. The number of alkyl halides is 1. The number of nitrogens with zero attached hydrogens (tertiary/aromatic N) is 2. The van der Waals surface area contributed by atoms with E-state index in [-0.39, 0.29) is 24.8 Å². The zero-order chi connectivity index (χ0) is 20.1. The molecule has 0 atom stereocenters. The van der Waals surface area contributed by atoms with Gasteiger partial charge < -0.3 is 15.5 Å². The molecule has 1 fully saturated rings. The fraction of sp³-hybridized carbons (Fsp3) is 0.381. The highest BCUT2D eigenvalue weighted by molar-refractivity contribution is 6.05. The molecule has 1 aromatic heterocycles. The van der Waals surface area contributed by atoms with Crippen molar-refractivity contribution >= 4 is 23.3 Å². The molecule has 0 spiro atoms. The number of pyridine rings is 1. The summed E-state index contributed by atoms with van der Waals surface area (Å²) in [5.74, 6) is 0.321. The second-order valence-electron chi connectivity index (χ2n) is 6.98. The monoisotopic (exact) mass is 384 g/mol. The Hall–Kier alpha value is -2.96. The predicted molar refractivity (Wildman–Crippen MR) is 108 cm³/mol. The van der Waals surface area contributed by atoms with Crippen LogP contribution in [0.4, 0.5) is 15.9 Å². The van der Waals surface area contributed by atoms with Gasteiger partial charge in [0.05, 0.1) is 12.2 Å². The Morgan fingerprint density at radius 1 is 1.14 bits per heavy atom. The summed E-state index contributed by atoms with van der Waals surface area (Å²) in [5.41, 5.74) is 3.15. The van der Waals surface area contributed by atoms with Crippen molar-refractivity contribution in [3.8, 4) is 0 Å². The molecule has 0 aliphatic carbocycles. The fourth-order valence-corrected chi connectivity index (χ4v) is 3.04. The Balaban J connectivity index is 1.72. The number of hydrogen-bond acceptors (Lipinski definition) is 4. The summed E-state index contributed by atoms with van der Waals surface area (Å²) < 4.78 is 12.2. The molecule has 0 bridgehead atoms. The van der Waals surface area contributed by atoms with Gasteiger partial charge in [-0.1, -0.05) is 6.07 Å². The van der Waals surface area contributed by atoms with Crippen molar-refractivity contribution in [2.24, 2.45) is 0 Å². The van der Waals surface area contributed by atoms with E-state index >= 15 is 0 Å². The summed E-state index contributed by atoms with van der Waals surface area (Å²) in [6.07, 6.45) is 3.01. The van der Waals surface area contributed by atoms with Crippen LogP contribution >= 0.6 is 0 Å². The zero-order valence-corrected chi connectivity index (χ0v) is 16.2. The van der Waals surface area contributed by atoms with Crippen LogP contribution < -0.4 is 15.5 Å². The number of nitrogens with one attached hydrogen (secondary N) is 2. The van der Waals surface area contributed by atoms with Crippen LogP contribution in [0.3, 0.4) is 0 Å². The molecule has 2 N–H and O–H groups in total. The Bertz CT molecular complexity index is 863. The number of rotatable bonds is 7. The minimum Gasteiger partial charge on any atom is -0.356 e. The van der Waals surface area contributed by atoms with Gasteiger partial charge in [-0.2, -0.15) is 0 Å². The molecule has 2 heterocycles. The molecular weight excluding hydrogens is 359 g/mol. The molecule has 3 rings (SSSR count). The van der Waals surface area contributed by atoms with E-state index in [2.05, 4.69) is 20.5 Å². The van der Waals surface area contributed by atoms with Gasteiger partial charge in [-0.25, -0.2) is 4.98 Å². The van der Waals surface area contributed by atoms with Crippen molar-refractivity contribution in [3.05, 3.63) is 52.7 Å². The lowest BCUT2D eigenvalue weighted by atomic mass is 10.0. The summed E-state index contributed by atoms with van der Waals surface area (Å²) >= 11 is 0. The first-order valence-electron chi connectivity index (χ1n) is 9.47. The lowest BCUT2D eigenvalue weighted by Gasteiger charge is -2.31. The summed E-state index contributed by atoms with van der Waals surface area (Å²) in [5, 5.41) is 5.55. The van der Waals surface area contributed by atoms with E-state index in [0.717, 1.165) is 30.0 Å². The van der Waals surface area contributed by atoms with Crippen LogP contribution in [-0.2, 0) is 0 Å². The maximum absolute atomic E-state index is 12.6. The Labute approximate surface area is 164 Å². The smallest absolute Gasteiger partial charge is 0.257 e. The lowest BCUT2D eigenvalue weighted by Crippen LogP contribution is -2.37. The van der Waals surface area contributed by atoms with Gasteiger partial charge in [0, 0.05) is 37.1 Å². The van der Waals surface area contributed by atoms with Gasteiger partial charge in [0.25, 0.3) is 11.8 Å². The molecule has 2 aromatic rings. The van der Waals surface area contributed by atoms with Crippen LogP contribution in [-0.4, -0.2) is 43.1 Å². The number of anilines is 2. The van der Waals surface area contributed by atoms with E-state index in [1.54, 1.807) is 18.3 Å². The van der Waals surface area contributed by atoms with E-state index in [1.165, 1.54) is 6.42 Å². The third-order valence-corrected chi connectivity index (χ3v) is 4.85. The molecule has 0 unspecified atom stereocenters. The highest BCUT2D eigenvalue weighted by Gasteiger charge is 2.17. The summed E-state index contributed by atoms with van der Waals surface area (Å²) in [6, 6.07) is 7.12. The molecular formula is C21H25FN4O2. The van der Waals surface area contributed by atoms with Crippen LogP contribution in [0, 0.1) is 13.8 Å². The third kappa shape index (κ3) is 4.47. The molecule has 7 heteroatoms. The summed E-state index contributed by atoms with van der Waals surface area (Å²) in [4.78, 5) is 31.4. The standard InChI is InChI=1S/C21H25FN4O2/c1-14-11-15(2)18(12-17(14)21(28)23-8-3-7-22)25-20(27)16-5-6-19(24-13-16)26-9-4-10-26/h5-6,11-13H,3-4,7-10H2,1-2H3,(H,23,28)(H,25,27). The molecule has 0 saturated carbocycles. The predicted octanol–water partition coefficient (Wildman–Crippen LogP) is 3.25. The first kappa shape index (κ1) is 19.8. The van der Waals surface area contributed by atoms with Crippen molar-refractivity contribution in [2.75, 3.05) is 36.5 Å². The largest absolute Gasteiger partial charge is 0.356 e. The zero-order valence-electron chi connectivity index (χ0n) is 16.2. The Morgan fingerprint density at radius 2 is 1.93 bits per heavy atom. The Kier molecular flexibility index (Phi) is 6.23. The van der Waals surface area contributed by atoms with Crippen molar-refractivity contribution in [3.63, 3.8) is 0 Å². The van der Waals surface area contributed by atoms with Crippen molar-refractivity contribution in [1.82, 2.24) is 10.3 Å². The number of carbonyl (C=O) groups is 2. The van der Waals surface area contributed by atoms with Crippen LogP contribution in [0.1, 0.15) is 44.7 Å². The van der Waals surface area contributed by atoms with E-state index in [4.69, 9.17) is 0 Å². The van der Waals surface area contributed by atoms with Crippen LogP contribution in [0.5, 0.6) is 0 Å². The maximum atomic E-state index is 12.6. The van der Waals surface area contributed by atoms with E-state index in [1.807, 2.05) is 26.0 Å². The van der Waals surface area contributed by atoms with E-state index < -0.39 is 6.67 Å². The van der Waals surface area contributed by atoms with Gasteiger partial charge >= 0.3 is 0 Å². The minimum absolute atomic E-state index is 0.276. The molecule has 1 aliphatic heterocycles. The quantitative estimate of drug-likeness (QED) is 0.719. The molecule has 28 heavy (non-hydrogen) atoms. The van der Waals surface area contributed by atoms with Gasteiger partial charge in [-0.05, 0) is 56.0 Å². The topological polar surface area (TPSA) is 74.3 Å². The molecule has 0 radical (unpaired) electrons. The number of halogens is 1. The number of carbonyl (C=O) groups excluding carboxylic acids is 2. The normalized spacial score (nSPS) is 13.0. The highest BCUT2D eigenvalue weighted by Crippen LogP contribution is 2.22. The van der Waals surface area contributed by atoms with Crippen LogP contribution in [0.15, 0.2) is 30.5 Å². The third-order valence-electron chi connectivity index (χ3n) is 4.85. The second kappa shape index (κ2) is 8.82. The van der Waals surface area contributed by atoms with E-state index in [0.29, 0.717) is 16.8 Å². The highest BCUT2D eigenvalue weighted by atomic mass is 19.1. The van der Waals surface area contributed by atoms with Crippen molar-refractivity contribution < 1.29 is 14.0 Å². The first-order valence-corrected chi connectivity index (χ1v) is 9.47. The van der Waals surface area contributed by atoms with Crippen molar-refractivity contribution in [2.45, 2.75) is 26.7 Å². The number of aryl methyl sites for hydroxylation is 2. The SMILES string of the molecule is Cc1cc(C)c(C(=O)NCCCF)cc1NC(=O)c1ccc(N2CCC2)nc1. The minimum atomic E-state index is -0.473. The maximum Gasteiger partial charge on any atom is 0.257 e. The molecule has 1 aromatic carbocycles. The Morgan fingerprint density at radius 3 is 2.54 bits per heavy atom. The fourth-order valence-electron chi connectivity index (χ4n) is 3.04. The van der Waals surface area contributed by atoms with Gasteiger partial charge in [0.2, 0.25) is 0 Å². The van der Waals surface area contributed by atoms with Gasteiger partial charge in [0.1, 0.15) is 5.82 Å². The second-order valence-corrected chi connectivity index (χ2v) is 6.98. The van der Waals surface area contributed by atoms with Crippen LogP contribution in [0.25, 0.3) is 0 Å². The van der Waals surface area contributed by atoms with Gasteiger partial charge in [0.15, 0.2) is 0 Å². The summed E-state index contributed by atoms with van der Waals surface area (Å²) in [6.45, 7) is 5.51. The van der Waals surface area contributed by atoms with Crippen LogP contribution in [0.2, 0.25) is 0 Å². The average molecular weight is 384 g/mol. The molecule has 6 nitrogen and oxygen atoms in total. The average Bonchev–Trinajstić information content (AvgIpc) is 2.63. The number of aromatic nitrogens is 1. The number of benzene rings is 1. The lowest BCUT2D eigenvalue weighted by molar-refractivity contribution is 0.0950. The molecule has 1 aliphatic rings. The van der Waals surface area contributed by atoms with E-state index in [9.17, 15) is 14.0 Å². The molecule has 2 amide bonds. The van der Waals surface area contributed by atoms with Gasteiger partial charge in [-0.15, -0.1) is 0 Å². The number of amides is 2. The van der Waals surface area contributed by atoms with Crippen molar-refractivity contribution in [1.29, 1.82) is 0 Å². The molecule has 1 saturated heterocycles. The van der Waals surface area contributed by atoms with Gasteiger partial charge in [-0.3, -0.25) is 14.0 Å².